The molecular weight excluding hydrogens is 443 g/mol. The van der Waals surface area contributed by atoms with E-state index in [1.165, 1.54) is 17.2 Å². The van der Waals surface area contributed by atoms with Gasteiger partial charge in [0, 0.05) is 0 Å². The zero-order valence-electron chi connectivity index (χ0n) is 13.7. The number of imidazole rings is 1. The zero-order valence-corrected chi connectivity index (χ0v) is 16.4. The number of anilines is 1. The molecule has 0 radical (unpaired) electrons. The van der Waals surface area contributed by atoms with Crippen molar-refractivity contribution >= 4 is 42.8 Å². The normalized spacial score (nSPS) is 25.6. The fraction of sp³-hybridized carbons (Fsp3) is 0.500. The fourth-order valence-electron chi connectivity index (χ4n) is 2.72. The number of aromatic nitrogens is 4. The maximum Gasteiger partial charge on any atom is 0.327 e. The summed E-state index contributed by atoms with van der Waals surface area (Å²) in [7, 11) is -8.52. The minimum Gasteiger partial charge on any atom is -0.382 e. The van der Waals surface area contributed by atoms with E-state index in [0.29, 0.717) is 0 Å². The smallest absolute Gasteiger partial charge is 0.327 e. The number of hydrogen-bond donors (Lipinski definition) is 7. The number of nitrogen functional groups attached to an aromatic ring is 1. The maximum atomic E-state index is 9.33. The Hall–Kier alpha value is -0.760. The van der Waals surface area contributed by atoms with E-state index in [2.05, 4.69) is 15.0 Å². The maximum absolute atomic E-state index is 9.33. The summed E-state index contributed by atoms with van der Waals surface area (Å²) in [5.41, 5.74) is 6.23. The second-order valence-electron chi connectivity index (χ2n) is 5.34. The van der Waals surface area contributed by atoms with Gasteiger partial charge in [-0.2, -0.15) is 0 Å². The molecule has 1 fully saturated rings. The topological polar surface area (TPSA) is 228 Å². The monoisotopic (exact) mass is 459 g/mol. The van der Waals surface area contributed by atoms with E-state index in [0.717, 1.165) is 0 Å². The molecule has 15 nitrogen and oxygen atoms in total. The van der Waals surface area contributed by atoms with Gasteiger partial charge in [0.15, 0.2) is 17.7 Å². The van der Waals surface area contributed by atoms with Crippen molar-refractivity contribution in [2.24, 2.45) is 0 Å². The van der Waals surface area contributed by atoms with Crippen LogP contribution in [0.25, 0.3) is 11.2 Å². The average molecular weight is 459 g/mol. The lowest BCUT2D eigenvalue weighted by Crippen LogP contribution is -2.36. The summed E-state index contributed by atoms with van der Waals surface area (Å²) in [6.45, 7) is -0.429. The van der Waals surface area contributed by atoms with Crippen molar-refractivity contribution < 1.29 is 47.7 Å². The van der Waals surface area contributed by atoms with Gasteiger partial charge in [0.25, 0.3) is 0 Å². The molecule has 1 aliphatic heterocycles. The molecule has 0 aliphatic carbocycles. The van der Waals surface area contributed by atoms with E-state index in [9.17, 15) is 19.6 Å². The number of nitrogens with zero attached hydrogens (tertiary/aromatic N) is 4. The lowest BCUT2D eigenvalue weighted by atomic mass is 10.1. The summed E-state index contributed by atoms with van der Waals surface area (Å²) in [6, 6.07) is 0. The molecule has 1 aliphatic rings. The SMILES string of the molecule is Nc1ncnc2c1ncn2[C@@H]1O[C@H](COP(O)O)[C@@H](OP(O)O)[C@H]1OP(O)O. The molecule has 2 aromatic heterocycles. The van der Waals surface area contributed by atoms with Crippen LogP contribution in [0.3, 0.4) is 0 Å². The van der Waals surface area contributed by atoms with Crippen LogP contribution in [0.4, 0.5) is 5.82 Å². The van der Waals surface area contributed by atoms with Crippen LogP contribution in [0.1, 0.15) is 6.23 Å². The van der Waals surface area contributed by atoms with Gasteiger partial charge in [-0.05, 0) is 0 Å². The molecule has 156 valence electrons. The Morgan fingerprint density at radius 1 is 1.00 bits per heavy atom. The van der Waals surface area contributed by atoms with E-state index in [1.807, 2.05) is 0 Å². The molecule has 0 saturated carbocycles. The second kappa shape index (κ2) is 9.37. The third kappa shape index (κ3) is 4.86. The largest absolute Gasteiger partial charge is 0.382 e. The molecular formula is C10H16N5O10P3. The van der Waals surface area contributed by atoms with Crippen molar-refractivity contribution in [2.45, 2.75) is 24.5 Å². The van der Waals surface area contributed by atoms with Crippen LogP contribution < -0.4 is 5.73 Å². The molecule has 3 rings (SSSR count). The van der Waals surface area contributed by atoms with Crippen LogP contribution >= 0.6 is 25.8 Å². The van der Waals surface area contributed by atoms with Gasteiger partial charge < -0.3 is 53.4 Å². The highest BCUT2D eigenvalue weighted by atomic mass is 31.2. The summed E-state index contributed by atoms with van der Waals surface area (Å²) >= 11 is 0. The number of fused-ring (bicyclic) bond motifs is 1. The van der Waals surface area contributed by atoms with Gasteiger partial charge in [0.1, 0.15) is 30.2 Å². The Bertz CT molecular complexity index is 796. The highest BCUT2D eigenvalue weighted by Crippen LogP contribution is 2.45. The van der Waals surface area contributed by atoms with Crippen LogP contribution in [0.5, 0.6) is 0 Å². The average Bonchev–Trinajstić information content (AvgIpc) is 3.16. The molecule has 1 saturated heterocycles. The molecule has 0 spiro atoms. The summed E-state index contributed by atoms with van der Waals surface area (Å²) in [6.07, 6.45) is -2.32. The Kier molecular flexibility index (Phi) is 7.34. The molecule has 0 amide bonds. The van der Waals surface area contributed by atoms with Crippen molar-refractivity contribution in [1.82, 2.24) is 19.5 Å². The number of rotatable bonds is 8. The van der Waals surface area contributed by atoms with Gasteiger partial charge >= 0.3 is 25.8 Å². The fourth-order valence-corrected chi connectivity index (χ4v) is 3.92. The molecule has 2 aromatic rings. The van der Waals surface area contributed by atoms with Crippen LogP contribution in [0, 0.1) is 0 Å². The van der Waals surface area contributed by atoms with Crippen molar-refractivity contribution in [3.8, 4) is 0 Å². The first-order valence-electron chi connectivity index (χ1n) is 7.36. The number of hydrogen-bond acceptors (Lipinski definition) is 14. The predicted molar refractivity (Wildman–Crippen MR) is 93.4 cm³/mol. The van der Waals surface area contributed by atoms with Gasteiger partial charge in [0.2, 0.25) is 0 Å². The first kappa shape index (κ1) is 21.9. The Morgan fingerprint density at radius 3 is 2.32 bits per heavy atom. The zero-order chi connectivity index (χ0) is 20.4. The van der Waals surface area contributed by atoms with Gasteiger partial charge in [-0.3, -0.25) is 4.57 Å². The highest BCUT2D eigenvalue weighted by molar-refractivity contribution is 7.40. The molecule has 18 heteroatoms. The quantitative estimate of drug-likeness (QED) is 0.228. The summed E-state index contributed by atoms with van der Waals surface area (Å²) in [5, 5.41) is 0. The Balaban J connectivity index is 1.97. The van der Waals surface area contributed by atoms with E-state index in [-0.39, 0.29) is 17.0 Å². The predicted octanol–water partition coefficient (Wildman–Crippen LogP) is -1.27. The molecule has 4 atom stereocenters. The van der Waals surface area contributed by atoms with Crippen LogP contribution in [-0.4, -0.2) is 73.8 Å². The second-order valence-corrected chi connectivity index (χ2v) is 7.54. The van der Waals surface area contributed by atoms with Gasteiger partial charge in [-0.25, -0.2) is 15.0 Å². The third-order valence-corrected chi connectivity index (χ3v) is 4.98. The van der Waals surface area contributed by atoms with Crippen LogP contribution in [0.2, 0.25) is 0 Å². The number of nitrogens with two attached hydrogens (primary N) is 1. The molecule has 28 heavy (non-hydrogen) atoms. The first-order chi connectivity index (χ1) is 13.3. The van der Waals surface area contributed by atoms with Crippen molar-refractivity contribution in [2.75, 3.05) is 12.3 Å². The summed E-state index contributed by atoms with van der Waals surface area (Å²) < 4.78 is 21.9. The molecule has 0 unspecified atom stereocenters. The lowest BCUT2D eigenvalue weighted by molar-refractivity contribution is -0.0458. The van der Waals surface area contributed by atoms with Gasteiger partial charge in [0.05, 0.1) is 12.9 Å². The van der Waals surface area contributed by atoms with E-state index in [1.54, 1.807) is 0 Å². The molecule has 3 heterocycles. The van der Waals surface area contributed by atoms with Gasteiger partial charge in [-0.15, -0.1) is 0 Å². The van der Waals surface area contributed by atoms with E-state index in [4.69, 9.17) is 33.8 Å². The standard InChI is InChI=1S/C10H16N5O10P3/c11-8-5-9(13-2-12-8)15(3-14-5)10-7(25-28(20)21)6(24-27(18)19)4(23-10)1-22-26(16)17/h2-4,6-7,10,16-21H,1H2,(H2,11,12,13)/t4-,6-,7-,10-/m1/s1. The lowest BCUT2D eigenvalue weighted by Gasteiger charge is -2.24. The summed E-state index contributed by atoms with van der Waals surface area (Å²) in [4.78, 5) is 67.1. The van der Waals surface area contributed by atoms with Crippen LogP contribution in [0.15, 0.2) is 12.7 Å². The summed E-state index contributed by atoms with van der Waals surface area (Å²) in [5.74, 6) is 0.0962. The minimum atomic E-state index is -2.90. The van der Waals surface area contributed by atoms with Crippen molar-refractivity contribution in [1.29, 1.82) is 0 Å². The minimum absolute atomic E-state index is 0.0962. The number of ether oxygens (including phenoxy) is 1. The van der Waals surface area contributed by atoms with E-state index < -0.39 is 57.0 Å². The molecule has 0 aromatic carbocycles. The Labute approximate surface area is 160 Å². The molecule has 0 bridgehead atoms. The third-order valence-electron chi connectivity index (χ3n) is 3.73. The van der Waals surface area contributed by atoms with Crippen LogP contribution in [-0.2, 0) is 18.3 Å². The molecule has 8 N–H and O–H groups in total. The van der Waals surface area contributed by atoms with Crippen molar-refractivity contribution in [3.63, 3.8) is 0 Å². The highest BCUT2D eigenvalue weighted by Gasteiger charge is 2.50. The Morgan fingerprint density at radius 2 is 1.68 bits per heavy atom. The van der Waals surface area contributed by atoms with E-state index >= 15 is 0 Å². The van der Waals surface area contributed by atoms with Gasteiger partial charge in [-0.1, -0.05) is 0 Å². The first-order valence-corrected chi connectivity index (χ1v) is 10.9. The van der Waals surface area contributed by atoms with Crippen molar-refractivity contribution in [3.05, 3.63) is 12.7 Å².